The lowest BCUT2D eigenvalue weighted by Crippen LogP contribution is -2.45. The van der Waals surface area contributed by atoms with E-state index < -0.39 is 56.5 Å². The van der Waals surface area contributed by atoms with Gasteiger partial charge in [-0.2, -0.15) is 9.97 Å². The number of rotatable bonds is 20. The van der Waals surface area contributed by atoms with E-state index in [1.807, 2.05) is 18.7 Å². The number of aromatic nitrogens is 4. The number of hydrogen-bond donors (Lipinski definition) is 7. The first-order valence-electron chi connectivity index (χ1n) is 29.4. The Balaban J connectivity index is 0.000000191. The van der Waals surface area contributed by atoms with Crippen LogP contribution in [0.5, 0.6) is 11.5 Å². The molecule has 456 valence electrons. The second-order valence-corrected chi connectivity index (χ2v) is 26.8. The number of aliphatic hydroxyl groups is 2. The zero-order valence-electron chi connectivity index (χ0n) is 48.5. The van der Waals surface area contributed by atoms with E-state index in [1.165, 1.54) is 137 Å². The number of aliphatic hydroxyl groups excluding tert-OH is 2. The summed E-state index contributed by atoms with van der Waals surface area (Å²) in [6.07, 6.45) is 11.8. The number of nitrogens with two attached hydrogens (primary N) is 2. The van der Waals surface area contributed by atoms with Crippen molar-refractivity contribution in [3.8, 4) is 11.5 Å². The summed E-state index contributed by atoms with van der Waals surface area (Å²) in [6.45, 7) is 9.82. The van der Waals surface area contributed by atoms with Crippen molar-refractivity contribution in [3.63, 3.8) is 0 Å². The van der Waals surface area contributed by atoms with Gasteiger partial charge in [0, 0.05) is 116 Å². The highest BCUT2D eigenvalue weighted by molar-refractivity contribution is 7.90. The molecule has 9 N–H and O–H groups in total. The Morgan fingerprint density at radius 3 is 2.30 bits per heavy atom. The van der Waals surface area contributed by atoms with Crippen molar-refractivity contribution in [2.24, 2.45) is 5.73 Å². The average Bonchev–Trinajstić information content (AvgIpc) is 0.942. The van der Waals surface area contributed by atoms with E-state index in [-0.39, 0.29) is 53.6 Å². The zero-order chi connectivity index (χ0) is 60.0. The smallest absolute Gasteiger partial charge is 0.320 e. The molecule has 6 aliphatic heterocycles. The van der Waals surface area contributed by atoms with E-state index in [0.29, 0.717) is 45.2 Å². The number of ether oxygens (including phenoxy) is 2. The SMILES string of the molecule is CC(C)N(CC[C@H](N)C(=O)O)C[C@H]1OC(n2cnc3c(N)nc(NCCNC(=O)CCCCCCS(C)(=O)=O)nc32)[C@H](O)[C@@H]1O.CS(=O)(=O)[O-].c1ccc(C2=c3cc4c5c(c3Oc3c2cc2c6c3CCCN6CCC2)CCC[N+]=5CCC4)cc1. The van der Waals surface area contributed by atoms with Gasteiger partial charge in [0.05, 0.1) is 22.0 Å². The van der Waals surface area contributed by atoms with Gasteiger partial charge in [0.15, 0.2) is 17.7 Å². The Labute approximate surface area is 490 Å². The third kappa shape index (κ3) is 14.8. The minimum atomic E-state index is -3.92. The quantitative estimate of drug-likeness (QED) is 0.0328. The van der Waals surface area contributed by atoms with Crippen LogP contribution >= 0.6 is 0 Å². The molecule has 23 nitrogen and oxygen atoms in total. The molecule has 11 rings (SSSR count). The number of amides is 1. The van der Waals surface area contributed by atoms with E-state index >= 15 is 0 Å². The Morgan fingerprint density at radius 2 is 1.58 bits per heavy atom. The number of anilines is 3. The molecule has 0 spiro atoms. The number of carbonyl (C=O) groups is 2. The molecule has 6 aliphatic rings. The molecule has 8 heterocycles. The zero-order valence-corrected chi connectivity index (χ0v) is 50.1. The van der Waals surface area contributed by atoms with Gasteiger partial charge in [-0.05, 0) is 94.9 Å². The summed E-state index contributed by atoms with van der Waals surface area (Å²) in [5, 5.41) is 39.5. The fourth-order valence-corrected chi connectivity index (χ4v) is 13.2. The fraction of sp³-hybridized carbons (Fsp3) is 0.559. The van der Waals surface area contributed by atoms with Gasteiger partial charge in [0.2, 0.25) is 17.2 Å². The number of hydrogen-bond acceptors (Lipinski definition) is 19. The third-order valence-electron chi connectivity index (χ3n) is 16.4. The van der Waals surface area contributed by atoms with E-state index in [2.05, 4.69) is 77.5 Å². The summed E-state index contributed by atoms with van der Waals surface area (Å²) in [6, 6.07) is 15.1. The van der Waals surface area contributed by atoms with Crippen LogP contribution < -0.4 is 46.9 Å². The molecule has 2 aromatic heterocycles. The Hall–Kier alpha value is -6.32. The largest absolute Gasteiger partial charge is 0.748 e. The minimum absolute atomic E-state index is 0.00303. The first kappa shape index (κ1) is 62.2. The molecule has 1 unspecified atom stereocenters. The molecule has 0 bridgehead atoms. The summed E-state index contributed by atoms with van der Waals surface area (Å²) in [4.78, 5) is 40.8. The van der Waals surface area contributed by atoms with E-state index in [0.717, 1.165) is 37.2 Å². The molecule has 3 aromatic carbocycles. The van der Waals surface area contributed by atoms with E-state index in [1.54, 1.807) is 0 Å². The lowest BCUT2D eigenvalue weighted by Gasteiger charge is -2.39. The Kier molecular flexibility index (Phi) is 20.0. The molecule has 1 saturated heterocycles. The summed E-state index contributed by atoms with van der Waals surface area (Å²) in [7, 11) is -6.88. The standard InChI is InChI=1S/C31H31N2O.C27H47N9O8S.CH4O3S/c1-2-8-20(9-3-1)27-25-18-21-10-4-14-32-16-6-12-23(28(21)32)30(25)34-31-24-13-7-17-33-15-5-11-22(29(24)33)19-26(27)31;1-16(2)35(12-9-17(28)26(40)41)14-18-21(38)22(39)25(44-18)36-15-32-20-23(29)33-27(34-24(20)36)31-11-10-30-19(37)8-6-4-5-7-13-45(3,42)43;1-5(2,3)4/h1-3,8-9,18-19H,4-7,10-17H2;15-18,21-22,25,38-39H,4-14,28H2,1-3H3,(H,30,37)(H,40,41)(H3,29,31,33,34);1H3,(H,2,3,4)/q+1;;/p-1/t;17-,18+,21+,22+,25?;/m.0./s1. The summed E-state index contributed by atoms with van der Waals surface area (Å²) < 4.78 is 66.9. The van der Waals surface area contributed by atoms with Crippen molar-refractivity contribution < 1.29 is 55.8 Å². The van der Waals surface area contributed by atoms with Gasteiger partial charge >= 0.3 is 5.97 Å². The van der Waals surface area contributed by atoms with Crippen molar-refractivity contribution in [2.75, 3.05) is 86.6 Å². The molecule has 1 fully saturated rings. The van der Waals surface area contributed by atoms with Crippen LogP contribution in [-0.2, 0) is 60.0 Å². The molecule has 1 amide bonds. The molecule has 5 atom stereocenters. The van der Waals surface area contributed by atoms with Gasteiger partial charge in [-0.1, -0.05) is 43.2 Å². The van der Waals surface area contributed by atoms with Gasteiger partial charge in [-0.25, -0.2) is 26.4 Å². The fourth-order valence-electron chi connectivity index (χ4n) is 12.4. The van der Waals surface area contributed by atoms with Gasteiger partial charge in [0.1, 0.15) is 64.3 Å². The van der Waals surface area contributed by atoms with Crippen LogP contribution in [0.2, 0.25) is 0 Å². The number of sulfone groups is 1. The van der Waals surface area contributed by atoms with Crippen LogP contribution in [0.15, 0.2) is 48.8 Å². The number of aliphatic carboxylic acids is 1. The number of nitrogens with one attached hydrogen (secondary N) is 2. The maximum atomic E-state index is 12.1. The van der Waals surface area contributed by atoms with Gasteiger partial charge in [-0.3, -0.25) is 19.1 Å². The van der Waals surface area contributed by atoms with Crippen LogP contribution in [0.25, 0.3) is 16.7 Å². The first-order chi connectivity index (χ1) is 40.0. The minimum Gasteiger partial charge on any atom is -0.748 e. The predicted octanol–water partition coefficient (Wildman–Crippen LogP) is 2.35. The van der Waals surface area contributed by atoms with Crippen molar-refractivity contribution in [3.05, 3.63) is 92.7 Å². The number of unbranched alkanes of at least 4 members (excludes halogenated alkanes) is 3. The van der Waals surface area contributed by atoms with Crippen molar-refractivity contribution in [2.45, 2.75) is 140 Å². The number of benzene rings is 3. The highest BCUT2D eigenvalue weighted by atomic mass is 32.2. The second kappa shape index (κ2) is 26.9. The van der Waals surface area contributed by atoms with E-state index in [9.17, 15) is 28.2 Å². The Morgan fingerprint density at radius 1 is 0.893 bits per heavy atom. The van der Waals surface area contributed by atoms with Gasteiger partial charge in [0.25, 0.3) is 0 Å². The molecule has 0 saturated carbocycles. The van der Waals surface area contributed by atoms with Crippen LogP contribution in [0.1, 0.15) is 118 Å². The topological polar surface area (TPSA) is 334 Å². The molecule has 0 aliphatic carbocycles. The molecule has 5 aromatic rings. The molecule has 84 heavy (non-hydrogen) atoms. The van der Waals surface area contributed by atoms with Crippen LogP contribution in [0, 0.1) is 0 Å². The van der Waals surface area contributed by atoms with Gasteiger partial charge in [-0.15, -0.1) is 0 Å². The number of carbonyl (C=O) groups excluding carboxylic acids is 1. The van der Waals surface area contributed by atoms with Crippen LogP contribution in [0.4, 0.5) is 17.5 Å². The second-order valence-electron chi connectivity index (χ2n) is 23.1. The number of nitrogens with zero attached hydrogens (tertiary/aromatic N) is 7. The van der Waals surface area contributed by atoms with E-state index in [4.69, 9.17) is 39.0 Å². The molecular formula is C59H81N11O12S2. The third-order valence-corrected chi connectivity index (χ3v) is 17.4. The maximum Gasteiger partial charge on any atom is 0.320 e. The monoisotopic (exact) mass is 1200 g/mol. The highest BCUT2D eigenvalue weighted by Crippen LogP contribution is 2.48. The van der Waals surface area contributed by atoms with Crippen molar-refractivity contribution >= 4 is 66.0 Å². The lowest BCUT2D eigenvalue weighted by molar-refractivity contribution is -0.138. The predicted molar refractivity (Wildman–Crippen MR) is 319 cm³/mol. The molecule has 0 radical (unpaired) electrons. The summed E-state index contributed by atoms with van der Waals surface area (Å²) in [5.74, 6) is 1.52. The number of nitrogen functional groups attached to an aromatic ring is 1. The number of carboxylic acids is 1. The van der Waals surface area contributed by atoms with Crippen LogP contribution in [-0.4, -0.2) is 174 Å². The van der Waals surface area contributed by atoms with Crippen molar-refractivity contribution in [1.82, 2.24) is 34.3 Å². The normalized spacial score (nSPS) is 19.9. The lowest BCUT2D eigenvalue weighted by atomic mass is 9.83. The Bertz CT molecular complexity index is 3570. The highest BCUT2D eigenvalue weighted by Gasteiger charge is 2.45. The number of imidazole rings is 1. The molecular weight excluding hydrogens is 1120 g/mol. The van der Waals surface area contributed by atoms with Crippen molar-refractivity contribution in [1.29, 1.82) is 0 Å². The van der Waals surface area contributed by atoms with Gasteiger partial charge < -0.3 is 56.3 Å². The number of fused-ring (bicyclic) bond motifs is 5. The van der Waals surface area contributed by atoms with Crippen LogP contribution in [0.3, 0.4) is 0 Å². The summed E-state index contributed by atoms with van der Waals surface area (Å²) in [5.41, 5.74) is 23.9. The number of carboxylic acid groups (broad SMARTS) is 1. The summed E-state index contributed by atoms with van der Waals surface area (Å²) >= 11 is 0. The molecule has 25 heteroatoms. The maximum absolute atomic E-state index is 12.1. The number of aryl methyl sites for hydroxylation is 2. The first-order valence-corrected chi connectivity index (χ1v) is 33.2. The average molecular weight is 1200 g/mol.